The van der Waals surface area contributed by atoms with E-state index in [-0.39, 0.29) is 43.4 Å². The van der Waals surface area contributed by atoms with Crippen molar-refractivity contribution in [1.82, 2.24) is 20.9 Å². The van der Waals surface area contributed by atoms with Crippen molar-refractivity contribution in [2.45, 2.75) is 32.0 Å². The standard InChI is InChI=1S/C37H37ClN6O5/c38-30-12-6-7-13-32(30)49-33(45)23-44-22-26-14-15-27(20-31(26)42-36(44)43-37(47)41-21-24-8-2-1-3-9-24)48-19-17-29(35(39)46)34-28-11-5-4-10-25(28)16-18-40-34/h1-15,20,29,34,40H,16-19,21-23H2,(H2,39,46)(H2,41,42,43,47). The maximum absolute atomic E-state index is 13.0. The van der Waals surface area contributed by atoms with Gasteiger partial charge in [0.05, 0.1) is 23.2 Å². The van der Waals surface area contributed by atoms with Crippen molar-refractivity contribution >= 4 is 41.2 Å². The number of urea groups is 1. The highest BCUT2D eigenvalue weighted by Crippen LogP contribution is 2.33. The van der Waals surface area contributed by atoms with E-state index in [4.69, 9.17) is 31.8 Å². The molecule has 5 N–H and O–H groups in total. The molecule has 3 amide bonds. The van der Waals surface area contributed by atoms with Crippen molar-refractivity contribution in [3.8, 4) is 11.5 Å². The van der Waals surface area contributed by atoms with Gasteiger partial charge in [0.2, 0.25) is 11.9 Å². The van der Waals surface area contributed by atoms with Crippen molar-refractivity contribution in [2.24, 2.45) is 16.6 Å². The van der Waals surface area contributed by atoms with Gasteiger partial charge in [-0.3, -0.25) is 10.1 Å². The molecule has 0 aromatic heterocycles. The van der Waals surface area contributed by atoms with Crippen LogP contribution in [-0.2, 0) is 29.1 Å². The molecule has 2 atom stereocenters. The number of hydrogen-bond donors (Lipinski definition) is 4. The van der Waals surface area contributed by atoms with E-state index in [9.17, 15) is 14.4 Å². The number of nitrogens with two attached hydrogens (primary N) is 1. The molecular weight excluding hydrogens is 644 g/mol. The Morgan fingerprint density at radius 1 is 0.980 bits per heavy atom. The van der Waals surface area contributed by atoms with Crippen molar-refractivity contribution in [2.75, 3.05) is 19.7 Å². The first-order valence-corrected chi connectivity index (χ1v) is 16.5. The quantitative estimate of drug-likeness (QED) is 0.129. The Morgan fingerprint density at radius 2 is 1.76 bits per heavy atom. The number of rotatable bonds is 11. The number of halogens is 1. The Bertz CT molecular complexity index is 1850. The van der Waals surface area contributed by atoms with Crippen molar-refractivity contribution in [3.63, 3.8) is 0 Å². The van der Waals surface area contributed by atoms with Gasteiger partial charge < -0.3 is 30.7 Å². The number of fused-ring (bicyclic) bond motifs is 2. The summed E-state index contributed by atoms with van der Waals surface area (Å²) < 4.78 is 11.6. The van der Waals surface area contributed by atoms with Gasteiger partial charge in [0, 0.05) is 25.2 Å². The molecule has 0 aliphatic carbocycles. The topological polar surface area (TPSA) is 147 Å². The summed E-state index contributed by atoms with van der Waals surface area (Å²) in [5.74, 6) is -0.467. The van der Waals surface area contributed by atoms with Crippen molar-refractivity contribution < 1.29 is 23.9 Å². The van der Waals surface area contributed by atoms with E-state index >= 15 is 0 Å². The highest BCUT2D eigenvalue weighted by atomic mass is 35.5. The van der Waals surface area contributed by atoms with Crippen LogP contribution in [0.15, 0.2) is 102 Å². The number of ether oxygens (including phenoxy) is 2. The largest absolute Gasteiger partial charge is 0.493 e. The predicted molar refractivity (Wildman–Crippen MR) is 187 cm³/mol. The minimum absolute atomic E-state index is 0.169. The minimum atomic E-state index is -0.574. The van der Waals surface area contributed by atoms with Crippen LogP contribution in [0.1, 0.15) is 34.7 Å². The van der Waals surface area contributed by atoms with E-state index in [1.54, 1.807) is 35.2 Å². The zero-order chi connectivity index (χ0) is 34.2. The van der Waals surface area contributed by atoms with E-state index in [0.717, 1.165) is 29.7 Å². The summed E-state index contributed by atoms with van der Waals surface area (Å²) in [7, 11) is 0. The van der Waals surface area contributed by atoms with Gasteiger partial charge >= 0.3 is 12.0 Å². The van der Waals surface area contributed by atoms with Crippen molar-refractivity contribution in [1.29, 1.82) is 0 Å². The molecule has 0 bridgehead atoms. The van der Waals surface area contributed by atoms with Crippen molar-refractivity contribution in [3.05, 3.63) is 124 Å². The normalized spacial score (nSPS) is 15.6. The minimum Gasteiger partial charge on any atom is -0.493 e. The van der Waals surface area contributed by atoms with Gasteiger partial charge in [-0.2, -0.15) is 0 Å². The zero-order valence-electron chi connectivity index (χ0n) is 26.7. The summed E-state index contributed by atoms with van der Waals surface area (Å²) in [6.45, 7) is 1.39. The van der Waals surface area contributed by atoms with Crippen LogP contribution >= 0.6 is 11.6 Å². The second-order valence-electron chi connectivity index (χ2n) is 11.8. The van der Waals surface area contributed by atoms with Gasteiger partial charge in [-0.15, -0.1) is 0 Å². The Labute approximate surface area is 289 Å². The van der Waals surface area contributed by atoms with Gasteiger partial charge in [-0.05, 0) is 59.8 Å². The molecule has 2 unspecified atom stereocenters. The molecule has 2 aliphatic heterocycles. The first-order valence-electron chi connectivity index (χ1n) is 16.1. The lowest BCUT2D eigenvalue weighted by atomic mass is 9.84. The van der Waals surface area contributed by atoms with E-state index in [1.807, 2.05) is 60.7 Å². The summed E-state index contributed by atoms with van der Waals surface area (Å²) in [5, 5.41) is 9.38. The monoisotopic (exact) mass is 680 g/mol. The van der Waals surface area contributed by atoms with E-state index in [0.29, 0.717) is 29.4 Å². The maximum Gasteiger partial charge on any atom is 0.331 e. The molecule has 2 heterocycles. The van der Waals surface area contributed by atoms with Crippen LogP contribution in [0.4, 0.5) is 10.5 Å². The smallest absolute Gasteiger partial charge is 0.331 e. The lowest BCUT2D eigenvalue weighted by Gasteiger charge is -2.32. The Kier molecular flexibility index (Phi) is 10.7. The molecule has 0 spiro atoms. The number of para-hydroxylation sites is 1. The van der Waals surface area contributed by atoms with Crippen LogP contribution in [0.3, 0.4) is 0 Å². The third kappa shape index (κ3) is 8.56. The molecule has 49 heavy (non-hydrogen) atoms. The second kappa shape index (κ2) is 15.7. The number of primary amides is 1. The summed E-state index contributed by atoms with van der Waals surface area (Å²) >= 11 is 6.19. The predicted octanol–water partition coefficient (Wildman–Crippen LogP) is 5.01. The summed E-state index contributed by atoms with van der Waals surface area (Å²) in [5.41, 5.74) is 10.5. The van der Waals surface area contributed by atoms with E-state index in [2.05, 4.69) is 22.0 Å². The first kappa shape index (κ1) is 33.5. The SMILES string of the molecule is NC(=O)C(CCOc1ccc2c(c1)N=C(NC(=O)NCc1ccccc1)N(CC(=O)Oc1ccccc1Cl)C2)C1NCCc2ccccc21. The van der Waals surface area contributed by atoms with Gasteiger partial charge in [-0.25, -0.2) is 14.6 Å². The molecule has 4 aromatic carbocycles. The van der Waals surface area contributed by atoms with Crippen LogP contribution in [0, 0.1) is 5.92 Å². The lowest BCUT2D eigenvalue weighted by Crippen LogP contribution is -2.50. The third-order valence-corrected chi connectivity index (χ3v) is 8.77. The molecule has 0 saturated carbocycles. The number of esters is 1. The number of benzene rings is 4. The van der Waals surface area contributed by atoms with Gasteiger partial charge in [-0.1, -0.05) is 84.4 Å². The van der Waals surface area contributed by atoms with Crippen LogP contribution in [0.5, 0.6) is 11.5 Å². The molecule has 0 saturated heterocycles. The maximum atomic E-state index is 13.0. The molecule has 2 aliphatic rings. The second-order valence-corrected chi connectivity index (χ2v) is 12.2. The van der Waals surface area contributed by atoms with E-state index in [1.165, 1.54) is 5.56 Å². The molecular formula is C37H37ClN6O5. The Balaban J connectivity index is 1.15. The molecule has 0 fully saturated rings. The Morgan fingerprint density at radius 3 is 2.57 bits per heavy atom. The molecule has 252 valence electrons. The van der Waals surface area contributed by atoms with Gasteiger partial charge in [0.15, 0.2) is 0 Å². The molecule has 12 heteroatoms. The molecule has 4 aromatic rings. The average molecular weight is 681 g/mol. The molecule has 0 radical (unpaired) electrons. The van der Waals surface area contributed by atoms with Gasteiger partial charge in [0.1, 0.15) is 18.0 Å². The van der Waals surface area contributed by atoms with Crippen LogP contribution < -0.4 is 31.2 Å². The van der Waals surface area contributed by atoms with E-state index < -0.39 is 17.9 Å². The van der Waals surface area contributed by atoms with Crippen LogP contribution in [0.2, 0.25) is 5.02 Å². The average Bonchev–Trinajstić information content (AvgIpc) is 3.10. The summed E-state index contributed by atoms with van der Waals surface area (Å²) in [6.07, 6.45) is 1.31. The summed E-state index contributed by atoms with van der Waals surface area (Å²) in [4.78, 5) is 44.8. The fraction of sp³-hybridized carbons (Fsp3) is 0.243. The lowest BCUT2D eigenvalue weighted by molar-refractivity contribution is -0.135. The number of carbonyl (C=O) groups is 3. The number of amides is 3. The fourth-order valence-corrected chi connectivity index (χ4v) is 6.18. The molecule has 6 rings (SSSR count). The first-order chi connectivity index (χ1) is 23.8. The van der Waals surface area contributed by atoms with Crippen LogP contribution in [-0.4, -0.2) is 48.5 Å². The number of guanidine groups is 1. The number of nitrogens with zero attached hydrogens (tertiary/aromatic N) is 2. The third-order valence-electron chi connectivity index (χ3n) is 8.46. The van der Waals surface area contributed by atoms with Gasteiger partial charge in [0.25, 0.3) is 0 Å². The Hall–Kier alpha value is -5.39. The number of carbonyl (C=O) groups excluding carboxylic acids is 3. The zero-order valence-corrected chi connectivity index (χ0v) is 27.5. The highest BCUT2D eigenvalue weighted by Gasteiger charge is 2.31. The van der Waals surface area contributed by atoms with Crippen LogP contribution in [0.25, 0.3) is 0 Å². The highest BCUT2D eigenvalue weighted by molar-refractivity contribution is 6.32. The summed E-state index contributed by atoms with van der Waals surface area (Å²) in [6, 6.07) is 29.1. The number of aliphatic imine (C=N–C) groups is 1. The fourth-order valence-electron chi connectivity index (χ4n) is 6.01. The molecule has 11 nitrogen and oxygen atoms in total. The number of hydrogen-bond acceptors (Lipinski definition) is 8. The number of nitrogens with one attached hydrogen (secondary N) is 3.